The van der Waals surface area contributed by atoms with Crippen LogP contribution >= 0.6 is 0 Å². The standard InChI is InChI=1S/C7H11N5/c8-6(4-12-10)5-1-2-7(9)11-3-5/h1-4,12H,8,10H2,(H2,9,11)/b6-4-. The maximum Gasteiger partial charge on any atom is 0.123 e. The predicted molar refractivity (Wildman–Crippen MR) is 48.1 cm³/mol. The number of hydrazine groups is 1. The molecule has 64 valence electrons. The van der Waals surface area contributed by atoms with Gasteiger partial charge in [0.15, 0.2) is 0 Å². The van der Waals surface area contributed by atoms with E-state index in [9.17, 15) is 0 Å². The first kappa shape index (κ1) is 8.35. The van der Waals surface area contributed by atoms with E-state index >= 15 is 0 Å². The van der Waals surface area contributed by atoms with Crippen molar-refractivity contribution in [3.8, 4) is 0 Å². The zero-order chi connectivity index (χ0) is 8.97. The number of nitrogens with one attached hydrogen (secondary N) is 1. The van der Waals surface area contributed by atoms with E-state index in [-0.39, 0.29) is 0 Å². The van der Waals surface area contributed by atoms with E-state index in [0.29, 0.717) is 11.5 Å². The van der Waals surface area contributed by atoms with E-state index in [0.717, 1.165) is 5.56 Å². The minimum atomic E-state index is 0.465. The first-order valence-corrected chi connectivity index (χ1v) is 3.37. The van der Waals surface area contributed by atoms with Gasteiger partial charge in [0.2, 0.25) is 0 Å². The molecule has 12 heavy (non-hydrogen) atoms. The van der Waals surface area contributed by atoms with Gasteiger partial charge in [-0.15, -0.1) is 0 Å². The molecule has 0 radical (unpaired) electrons. The highest BCUT2D eigenvalue weighted by molar-refractivity contribution is 5.62. The maximum atomic E-state index is 5.59. The highest BCUT2D eigenvalue weighted by Crippen LogP contribution is 2.07. The van der Waals surface area contributed by atoms with Crippen molar-refractivity contribution < 1.29 is 0 Å². The third kappa shape index (κ3) is 1.86. The van der Waals surface area contributed by atoms with Gasteiger partial charge in [0, 0.05) is 18.0 Å². The van der Waals surface area contributed by atoms with Crippen molar-refractivity contribution in [3.05, 3.63) is 30.1 Å². The number of pyridine rings is 1. The summed E-state index contributed by atoms with van der Waals surface area (Å²) < 4.78 is 0. The Morgan fingerprint density at radius 1 is 1.50 bits per heavy atom. The summed E-state index contributed by atoms with van der Waals surface area (Å²) >= 11 is 0. The van der Waals surface area contributed by atoms with Gasteiger partial charge in [-0.25, -0.2) is 4.98 Å². The molecule has 1 aromatic heterocycles. The second-order valence-electron chi connectivity index (χ2n) is 2.24. The zero-order valence-corrected chi connectivity index (χ0v) is 6.49. The fraction of sp³-hybridized carbons (Fsp3) is 0. The quantitative estimate of drug-likeness (QED) is 0.345. The van der Waals surface area contributed by atoms with Gasteiger partial charge in [0.1, 0.15) is 5.82 Å². The lowest BCUT2D eigenvalue weighted by molar-refractivity contribution is 0.967. The Kier molecular flexibility index (Phi) is 2.49. The number of nitrogens with zero attached hydrogens (tertiary/aromatic N) is 1. The third-order valence-corrected chi connectivity index (χ3v) is 1.36. The molecule has 0 aromatic carbocycles. The molecule has 0 amide bonds. The highest BCUT2D eigenvalue weighted by atomic mass is 15.2. The predicted octanol–water partition coefficient (Wildman–Crippen LogP) is -0.616. The summed E-state index contributed by atoms with van der Waals surface area (Å²) in [5.74, 6) is 5.51. The molecule has 0 bridgehead atoms. The third-order valence-electron chi connectivity index (χ3n) is 1.36. The van der Waals surface area contributed by atoms with Crippen molar-refractivity contribution >= 4 is 11.5 Å². The molecule has 0 saturated heterocycles. The molecule has 0 saturated carbocycles. The van der Waals surface area contributed by atoms with Crippen LogP contribution in [0.15, 0.2) is 24.5 Å². The van der Waals surface area contributed by atoms with Crippen LogP contribution in [0.2, 0.25) is 0 Å². The molecule has 7 N–H and O–H groups in total. The van der Waals surface area contributed by atoms with Gasteiger partial charge >= 0.3 is 0 Å². The van der Waals surface area contributed by atoms with E-state index in [1.807, 2.05) is 0 Å². The SMILES string of the molecule is NN/C=C(\N)c1ccc(N)nc1. The van der Waals surface area contributed by atoms with Gasteiger partial charge in [-0.3, -0.25) is 5.84 Å². The van der Waals surface area contributed by atoms with Crippen LogP contribution in [0.5, 0.6) is 0 Å². The molecule has 0 unspecified atom stereocenters. The van der Waals surface area contributed by atoms with Gasteiger partial charge in [-0.1, -0.05) is 0 Å². The molecule has 5 heteroatoms. The van der Waals surface area contributed by atoms with Crippen LogP contribution in [0.1, 0.15) is 5.56 Å². The number of hydrogen-bond acceptors (Lipinski definition) is 5. The van der Waals surface area contributed by atoms with Crippen molar-refractivity contribution in [1.82, 2.24) is 10.4 Å². The molecule has 1 heterocycles. The van der Waals surface area contributed by atoms with E-state index < -0.39 is 0 Å². The minimum absolute atomic E-state index is 0.465. The van der Waals surface area contributed by atoms with Crippen LogP contribution in [0.4, 0.5) is 5.82 Å². The van der Waals surface area contributed by atoms with E-state index in [1.54, 1.807) is 18.3 Å². The molecule has 5 nitrogen and oxygen atoms in total. The normalized spacial score (nSPS) is 11.2. The van der Waals surface area contributed by atoms with Crippen molar-refractivity contribution in [2.75, 3.05) is 5.73 Å². The molecule has 0 atom stereocenters. The number of aromatic nitrogens is 1. The summed E-state index contributed by atoms with van der Waals surface area (Å²) in [4.78, 5) is 3.87. The summed E-state index contributed by atoms with van der Waals surface area (Å²) in [5.41, 5.74) is 14.6. The van der Waals surface area contributed by atoms with Crippen LogP contribution < -0.4 is 22.7 Å². The van der Waals surface area contributed by atoms with Crippen LogP contribution in [0, 0.1) is 0 Å². The molecule has 0 aliphatic heterocycles. The Labute approximate surface area is 70.2 Å². The largest absolute Gasteiger partial charge is 0.397 e. The second kappa shape index (κ2) is 3.59. The Morgan fingerprint density at radius 2 is 2.25 bits per heavy atom. The Bertz CT molecular complexity index is 276. The Balaban J connectivity index is 2.89. The number of nitrogens with two attached hydrogens (primary N) is 3. The van der Waals surface area contributed by atoms with Crippen LogP contribution in [0.25, 0.3) is 5.70 Å². The summed E-state index contributed by atoms with van der Waals surface area (Å²) in [6, 6.07) is 3.44. The number of nitrogen functional groups attached to an aromatic ring is 1. The summed E-state index contributed by atoms with van der Waals surface area (Å²) in [5, 5.41) is 0. The fourth-order valence-corrected chi connectivity index (χ4v) is 0.749. The second-order valence-corrected chi connectivity index (χ2v) is 2.24. The van der Waals surface area contributed by atoms with Crippen molar-refractivity contribution in [2.45, 2.75) is 0 Å². The van der Waals surface area contributed by atoms with Crippen LogP contribution in [0.3, 0.4) is 0 Å². The smallest absolute Gasteiger partial charge is 0.123 e. The molecule has 0 aliphatic rings. The molecule has 0 fully saturated rings. The molecular weight excluding hydrogens is 154 g/mol. The summed E-state index contributed by atoms with van der Waals surface area (Å²) in [6.07, 6.45) is 3.06. The molecule has 1 rings (SSSR count). The lowest BCUT2D eigenvalue weighted by Gasteiger charge is -2.00. The van der Waals surface area contributed by atoms with Gasteiger partial charge in [-0.05, 0) is 12.1 Å². The van der Waals surface area contributed by atoms with E-state index in [4.69, 9.17) is 17.3 Å². The average Bonchev–Trinajstić information content (AvgIpc) is 2.06. The van der Waals surface area contributed by atoms with Crippen LogP contribution in [-0.4, -0.2) is 4.98 Å². The van der Waals surface area contributed by atoms with Gasteiger partial charge in [0.05, 0.1) is 5.70 Å². The lowest BCUT2D eigenvalue weighted by atomic mass is 10.2. The topological polar surface area (TPSA) is 103 Å². The van der Waals surface area contributed by atoms with Crippen LogP contribution in [-0.2, 0) is 0 Å². The zero-order valence-electron chi connectivity index (χ0n) is 6.49. The van der Waals surface area contributed by atoms with E-state index in [1.165, 1.54) is 6.20 Å². The summed E-state index contributed by atoms with van der Waals surface area (Å²) in [7, 11) is 0. The molecular formula is C7H11N5. The van der Waals surface area contributed by atoms with Crippen molar-refractivity contribution in [3.63, 3.8) is 0 Å². The number of rotatable bonds is 2. The Hall–Kier alpha value is -1.75. The Morgan fingerprint density at radius 3 is 2.75 bits per heavy atom. The average molecular weight is 165 g/mol. The first-order valence-electron chi connectivity index (χ1n) is 3.37. The fourth-order valence-electron chi connectivity index (χ4n) is 0.749. The molecule has 0 spiro atoms. The van der Waals surface area contributed by atoms with Crippen molar-refractivity contribution in [1.29, 1.82) is 0 Å². The molecule has 1 aromatic rings. The minimum Gasteiger partial charge on any atom is -0.397 e. The van der Waals surface area contributed by atoms with Gasteiger partial charge in [0.25, 0.3) is 0 Å². The summed E-state index contributed by atoms with van der Waals surface area (Å²) in [6.45, 7) is 0. The number of hydrogen-bond donors (Lipinski definition) is 4. The lowest BCUT2D eigenvalue weighted by Crippen LogP contribution is -2.16. The van der Waals surface area contributed by atoms with E-state index in [2.05, 4.69) is 10.4 Å². The number of anilines is 1. The van der Waals surface area contributed by atoms with Gasteiger partial charge in [-0.2, -0.15) is 0 Å². The first-order chi connectivity index (χ1) is 5.74. The maximum absolute atomic E-state index is 5.59. The highest BCUT2D eigenvalue weighted by Gasteiger charge is 1.95. The van der Waals surface area contributed by atoms with Crippen molar-refractivity contribution in [2.24, 2.45) is 11.6 Å². The monoisotopic (exact) mass is 165 g/mol. The molecule has 0 aliphatic carbocycles. The van der Waals surface area contributed by atoms with Gasteiger partial charge < -0.3 is 16.9 Å².